The summed E-state index contributed by atoms with van der Waals surface area (Å²) in [6.07, 6.45) is -4.75. The highest BCUT2D eigenvalue weighted by Crippen LogP contribution is 2.28. The van der Waals surface area contributed by atoms with Gasteiger partial charge in [-0.15, -0.1) is 0 Å². The standard InChI is InChI=1S/C13H16F3NO2/c1-8-4-9(2)6-10(5-8)17(3)7-11(12(18)19)13(14,15)16/h4-6,11H,7H2,1-3H3,(H,18,19). The first kappa shape index (κ1) is 15.3. The van der Waals surface area contributed by atoms with Crippen molar-refractivity contribution in [3.8, 4) is 0 Å². The first-order valence-corrected chi connectivity index (χ1v) is 5.70. The summed E-state index contributed by atoms with van der Waals surface area (Å²) in [5, 5.41) is 8.67. The molecule has 6 heteroatoms. The summed E-state index contributed by atoms with van der Waals surface area (Å²) in [4.78, 5) is 12.0. The number of carboxylic acids is 1. The van der Waals surface area contributed by atoms with Crippen molar-refractivity contribution in [1.29, 1.82) is 0 Å². The largest absolute Gasteiger partial charge is 0.481 e. The number of nitrogens with zero attached hydrogens (tertiary/aromatic N) is 1. The van der Waals surface area contributed by atoms with Gasteiger partial charge in [0.1, 0.15) is 0 Å². The molecule has 1 atom stereocenters. The molecule has 0 aliphatic carbocycles. The van der Waals surface area contributed by atoms with Gasteiger partial charge in [-0.25, -0.2) is 0 Å². The first-order chi connectivity index (χ1) is 8.61. The van der Waals surface area contributed by atoms with Crippen molar-refractivity contribution < 1.29 is 23.1 Å². The Balaban J connectivity index is 2.94. The van der Waals surface area contributed by atoms with Crippen molar-refractivity contribution in [2.75, 3.05) is 18.5 Å². The van der Waals surface area contributed by atoms with Crippen LogP contribution in [0.4, 0.5) is 18.9 Å². The third-order valence-electron chi connectivity index (χ3n) is 2.80. The van der Waals surface area contributed by atoms with E-state index in [1.165, 1.54) is 11.9 Å². The predicted octanol–water partition coefficient (Wildman–Crippen LogP) is 3.00. The number of carboxylic acid groups (broad SMARTS) is 1. The number of alkyl halides is 3. The summed E-state index contributed by atoms with van der Waals surface area (Å²) in [6, 6.07) is 5.35. The van der Waals surface area contributed by atoms with E-state index in [4.69, 9.17) is 5.11 Å². The van der Waals surface area contributed by atoms with Gasteiger partial charge in [-0.1, -0.05) is 6.07 Å². The van der Waals surface area contributed by atoms with Crippen LogP contribution in [-0.4, -0.2) is 30.8 Å². The van der Waals surface area contributed by atoms with Crippen LogP contribution in [-0.2, 0) is 4.79 Å². The molecule has 0 spiro atoms. The zero-order valence-electron chi connectivity index (χ0n) is 11.0. The third-order valence-corrected chi connectivity index (χ3v) is 2.80. The molecular weight excluding hydrogens is 259 g/mol. The van der Waals surface area contributed by atoms with Gasteiger partial charge in [0.2, 0.25) is 0 Å². The Morgan fingerprint density at radius 2 is 1.74 bits per heavy atom. The van der Waals surface area contributed by atoms with E-state index in [0.29, 0.717) is 5.69 Å². The van der Waals surface area contributed by atoms with Crippen molar-refractivity contribution in [1.82, 2.24) is 0 Å². The molecule has 19 heavy (non-hydrogen) atoms. The molecule has 1 N–H and O–H groups in total. The average molecular weight is 275 g/mol. The van der Waals surface area contributed by atoms with Gasteiger partial charge in [0, 0.05) is 19.3 Å². The van der Waals surface area contributed by atoms with E-state index >= 15 is 0 Å². The van der Waals surface area contributed by atoms with Crippen LogP contribution < -0.4 is 4.90 Å². The minimum atomic E-state index is -4.75. The van der Waals surface area contributed by atoms with E-state index < -0.39 is 24.6 Å². The van der Waals surface area contributed by atoms with Crippen molar-refractivity contribution in [3.05, 3.63) is 29.3 Å². The Morgan fingerprint density at radius 3 is 2.11 bits per heavy atom. The van der Waals surface area contributed by atoms with Crippen LogP contribution in [0.15, 0.2) is 18.2 Å². The molecule has 0 fully saturated rings. The van der Waals surface area contributed by atoms with Crippen molar-refractivity contribution in [2.24, 2.45) is 5.92 Å². The normalized spacial score (nSPS) is 13.2. The number of aliphatic carboxylic acids is 1. The van der Waals surface area contributed by atoms with Gasteiger partial charge in [0.15, 0.2) is 5.92 Å². The fourth-order valence-electron chi connectivity index (χ4n) is 1.87. The van der Waals surface area contributed by atoms with Crippen LogP contribution in [0.1, 0.15) is 11.1 Å². The number of anilines is 1. The molecule has 0 aliphatic rings. The molecule has 0 bridgehead atoms. The molecule has 1 rings (SSSR count). The van der Waals surface area contributed by atoms with E-state index in [2.05, 4.69) is 0 Å². The molecule has 0 amide bonds. The maximum Gasteiger partial charge on any atom is 0.403 e. The maximum absolute atomic E-state index is 12.6. The Morgan fingerprint density at radius 1 is 1.26 bits per heavy atom. The minimum Gasteiger partial charge on any atom is -0.481 e. The quantitative estimate of drug-likeness (QED) is 0.918. The molecule has 1 aromatic rings. The van der Waals surface area contributed by atoms with Crippen LogP contribution in [0.5, 0.6) is 0 Å². The van der Waals surface area contributed by atoms with Gasteiger partial charge < -0.3 is 10.0 Å². The van der Waals surface area contributed by atoms with Gasteiger partial charge >= 0.3 is 12.1 Å². The molecule has 1 unspecified atom stereocenters. The third kappa shape index (κ3) is 4.15. The summed E-state index contributed by atoms with van der Waals surface area (Å²) in [5.74, 6) is -4.25. The Kier molecular flexibility index (Phi) is 4.44. The molecule has 0 aromatic heterocycles. The highest BCUT2D eigenvalue weighted by Gasteiger charge is 2.45. The average Bonchev–Trinajstić information content (AvgIpc) is 2.21. The first-order valence-electron chi connectivity index (χ1n) is 5.70. The number of hydrogen-bond acceptors (Lipinski definition) is 2. The fourth-order valence-corrected chi connectivity index (χ4v) is 1.87. The van der Waals surface area contributed by atoms with Gasteiger partial charge in [-0.05, 0) is 37.1 Å². The molecular formula is C13H16F3NO2. The maximum atomic E-state index is 12.6. The van der Waals surface area contributed by atoms with Gasteiger partial charge in [-0.3, -0.25) is 4.79 Å². The lowest BCUT2D eigenvalue weighted by atomic mass is 10.1. The Hall–Kier alpha value is -1.72. The molecule has 106 valence electrons. The zero-order chi connectivity index (χ0) is 14.8. The summed E-state index contributed by atoms with van der Waals surface area (Å²) >= 11 is 0. The number of benzene rings is 1. The van der Waals surface area contributed by atoms with E-state index in [9.17, 15) is 18.0 Å². The number of carbonyl (C=O) groups is 1. The number of rotatable bonds is 4. The second-order valence-corrected chi connectivity index (χ2v) is 4.66. The van der Waals surface area contributed by atoms with Crippen molar-refractivity contribution in [2.45, 2.75) is 20.0 Å². The van der Waals surface area contributed by atoms with E-state index in [1.807, 2.05) is 19.9 Å². The predicted molar refractivity (Wildman–Crippen MR) is 66.4 cm³/mol. The molecule has 0 radical (unpaired) electrons. The molecule has 3 nitrogen and oxygen atoms in total. The zero-order valence-corrected chi connectivity index (χ0v) is 11.0. The number of halogens is 3. The van der Waals surface area contributed by atoms with Gasteiger partial charge in [0.05, 0.1) is 0 Å². The highest BCUT2D eigenvalue weighted by molar-refractivity contribution is 5.72. The van der Waals surface area contributed by atoms with Crippen molar-refractivity contribution >= 4 is 11.7 Å². The van der Waals surface area contributed by atoms with Crippen LogP contribution in [0, 0.1) is 19.8 Å². The number of aryl methyl sites for hydroxylation is 2. The Bertz CT molecular complexity index is 451. The van der Waals surface area contributed by atoms with Gasteiger partial charge in [-0.2, -0.15) is 13.2 Å². The highest BCUT2D eigenvalue weighted by atomic mass is 19.4. The van der Waals surface area contributed by atoms with Crippen molar-refractivity contribution in [3.63, 3.8) is 0 Å². The monoisotopic (exact) mass is 275 g/mol. The lowest BCUT2D eigenvalue weighted by molar-refractivity contribution is -0.191. The lowest BCUT2D eigenvalue weighted by Crippen LogP contribution is -2.40. The van der Waals surface area contributed by atoms with Gasteiger partial charge in [0.25, 0.3) is 0 Å². The molecule has 0 saturated carbocycles. The topological polar surface area (TPSA) is 40.5 Å². The molecule has 0 aliphatic heterocycles. The summed E-state index contributed by atoms with van der Waals surface area (Å²) in [6.45, 7) is 3.06. The fraction of sp³-hybridized carbons (Fsp3) is 0.462. The van der Waals surface area contributed by atoms with E-state index in [0.717, 1.165) is 11.1 Å². The lowest BCUT2D eigenvalue weighted by Gasteiger charge is -2.25. The smallest absolute Gasteiger partial charge is 0.403 e. The van der Waals surface area contributed by atoms with Crippen LogP contribution in [0.2, 0.25) is 0 Å². The number of hydrogen-bond donors (Lipinski definition) is 1. The molecule has 0 saturated heterocycles. The summed E-state index contributed by atoms with van der Waals surface area (Å²) in [5.41, 5.74) is 2.41. The summed E-state index contributed by atoms with van der Waals surface area (Å²) in [7, 11) is 1.45. The van der Waals surface area contributed by atoms with Crippen LogP contribution in [0.25, 0.3) is 0 Å². The second-order valence-electron chi connectivity index (χ2n) is 4.66. The van der Waals surface area contributed by atoms with Crippen LogP contribution in [0.3, 0.4) is 0 Å². The minimum absolute atomic E-state index is 0.577. The van der Waals surface area contributed by atoms with E-state index in [1.54, 1.807) is 12.1 Å². The SMILES string of the molecule is Cc1cc(C)cc(N(C)CC(C(=O)O)C(F)(F)F)c1. The molecule has 1 aromatic carbocycles. The summed E-state index contributed by atoms with van der Waals surface area (Å²) < 4.78 is 37.8. The second kappa shape index (κ2) is 5.50. The Labute approximate surface area is 109 Å². The van der Waals surface area contributed by atoms with E-state index in [-0.39, 0.29) is 0 Å². The van der Waals surface area contributed by atoms with Crippen LogP contribution >= 0.6 is 0 Å². The molecule has 0 heterocycles.